The zero-order valence-electron chi connectivity index (χ0n) is 9.84. The zero-order valence-corrected chi connectivity index (χ0v) is 10.6. The second-order valence-corrected chi connectivity index (χ2v) is 4.49. The SMILES string of the molecule is Oc1ccc(Nc2ncnc3cc(Cl)ccc23)cc1. The molecule has 0 aliphatic rings. The van der Waals surface area contributed by atoms with Crippen LogP contribution in [0.15, 0.2) is 48.8 Å². The van der Waals surface area contributed by atoms with Crippen molar-refractivity contribution in [1.82, 2.24) is 9.97 Å². The van der Waals surface area contributed by atoms with Gasteiger partial charge in [-0.15, -0.1) is 0 Å². The van der Waals surface area contributed by atoms with Crippen LogP contribution in [0.1, 0.15) is 0 Å². The first-order valence-electron chi connectivity index (χ1n) is 5.69. The molecule has 0 saturated heterocycles. The topological polar surface area (TPSA) is 58.0 Å². The molecule has 3 aromatic rings. The quantitative estimate of drug-likeness (QED) is 0.697. The molecule has 0 radical (unpaired) electrons. The van der Waals surface area contributed by atoms with Crippen LogP contribution in [-0.2, 0) is 0 Å². The lowest BCUT2D eigenvalue weighted by molar-refractivity contribution is 0.475. The van der Waals surface area contributed by atoms with Crippen LogP contribution >= 0.6 is 11.6 Å². The van der Waals surface area contributed by atoms with Gasteiger partial charge in [-0.2, -0.15) is 0 Å². The van der Waals surface area contributed by atoms with Gasteiger partial charge in [-0.25, -0.2) is 9.97 Å². The minimum absolute atomic E-state index is 0.227. The summed E-state index contributed by atoms with van der Waals surface area (Å²) in [6, 6.07) is 12.2. The predicted molar refractivity (Wildman–Crippen MR) is 75.9 cm³/mol. The van der Waals surface area contributed by atoms with Crippen molar-refractivity contribution in [1.29, 1.82) is 0 Å². The fourth-order valence-electron chi connectivity index (χ4n) is 1.81. The summed E-state index contributed by atoms with van der Waals surface area (Å²) in [7, 11) is 0. The number of aromatic nitrogens is 2. The molecule has 1 heterocycles. The van der Waals surface area contributed by atoms with Crippen LogP contribution in [0, 0.1) is 0 Å². The van der Waals surface area contributed by atoms with Crippen molar-refractivity contribution >= 4 is 34.0 Å². The molecule has 1 aromatic heterocycles. The van der Waals surface area contributed by atoms with Crippen molar-refractivity contribution in [3.63, 3.8) is 0 Å². The number of anilines is 2. The summed E-state index contributed by atoms with van der Waals surface area (Å²) < 4.78 is 0. The van der Waals surface area contributed by atoms with E-state index in [4.69, 9.17) is 11.6 Å². The molecule has 0 saturated carbocycles. The number of phenolic OH excluding ortho intramolecular Hbond substituents is 1. The van der Waals surface area contributed by atoms with Crippen molar-refractivity contribution < 1.29 is 5.11 Å². The van der Waals surface area contributed by atoms with Crippen molar-refractivity contribution in [2.75, 3.05) is 5.32 Å². The summed E-state index contributed by atoms with van der Waals surface area (Å²) in [5.41, 5.74) is 1.62. The number of halogens is 1. The molecule has 0 aliphatic carbocycles. The van der Waals surface area contributed by atoms with E-state index in [0.717, 1.165) is 16.6 Å². The summed E-state index contributed by atoms with van der Waals surface area (Å²) >= 11 is 5.94. The Morgan fingerprint density at radius 3 is 2.58 bits per heavy atom. The summed E-state index contributed by atoms with van der Waals surface area (Å²) in [5, 5.41) is 14.0. The second-order valence-electron chi connectivity index (χ2n) is 4.06. The van der Waals surface area contributed by atoms with Gasteiger partial charge in [0.25, 0.3) is 0 Å². The zero-order chi connectivity index (χ0) is 13.2. The van der Waals surface area contributed by atoms with E-state index in [1.807, 2.05) is 6.07 Å². The summed E-state index contributed by atoms with van der Waals surface area (Å²) in [6.07, 6.45) is 1.49. The highest BCUT2D eigenvalue weighted by molar-refractivity contribution is 6.31. The highest BCUT2D eigenvalue weighted by atomic mass is 35.5. The van der Waals surface area contributed by atoms with Crippen LogP contribution in [0.5, 0.6) is 5.75 Å². The van der Waals surface area contributed by atoms with Crippen LogP contribution in [-0.4, -0.2) is 15.1 Å². The van der Waals surface area contributed by atoms with Crippen LogP contribution < -0.4 is 5.32 Å². The van der Waals surface area contributed by atoms with Crippen LogP contribution in [0.2, 0.25) is 5.02 Å². The molecule has 2 N–H and O–H groups in total. The van der Waals surface area contributed by atoms with E-state index in [1.54, 1.807) is 36.4 Å². The monoisotopic (exact) mass is 271 g/mol. The number of nitrogens with one attached hydrogen (secondary N) is 1. The van der Waals surface area contributed by atoms with Crippen LogP contribution in [0.25, 0.3) is 10.9 Å². The van der Waals surface area contributed by atoms with Crippen molar-refractivity contribution in [3.8, 4) is 5.75 Å². The van der Waals surface area contributed by atoms with E-state index in [-0.39, 0.29) is 5.75 Å². The number of phenols is 1. The van der Waals surface area contributed by atoms with E-state index in [1.165, 1.54) is 6.33 Å². The van der Waals surface area contributed by atoms with E-state index < -0.39 is 0 Å². The number of aromatic hydroxyl groups is 1. The molecule has 3 rings (SSSR count). The summed E-state index contributed by atoms with van der Waals surface area (Å²) in [5.74, 6) is 0.928. The molecule has 4 nitrogen and oxygen atoms in total. The predicted octanol–water partition coefficient (Wildman–Crippen LogP) is 3.73. The molecule has 94 valence electrons. The average Bonchev–Trinajstić information content (AvgIpc) is 2.41. The highest BCUT2D eigenvalue weighted by Gasteiger charge is 2.04. The van der Waals surface area contributed by atoms with Crippen LogP contribution in [0.4, 0.5) is 11.5 Å². The van der Waals surface area contributed by atoms with Gasteiger partial charge in [0, 0.05) is 16.1 Å². The summed E-state index contributed by atoms with van der Waals surface area (Å²) in [4.78, 5) is 8.41. The molecule has 2 aromatic carbocycles. The van der Waals surface area contributed by atoms with Gasteiger partial charge in [0.2, 0.25) is 0 Å². The fourth-order valence-corrected chi connectivity index (χ4v) is 1.98. The van der Waals surface area contributed by atoms with E-state index >= 15 is 0 Å². The lowest BCUT2D eigenvalue weighted by atomic mass is 10.2. The van der Waals surface area contributed by atoms with Gasteiger partial charge in [0.15, 0.2) is 0 Å². The number of rotatable bonds is 2. The van der Waals surface area contributed by atoms with Crippen molar-refractivity contribution in [2.24, 2.45) is 0 Å². The first-order valence-corrected chi connectivity index (χ1v) is 6.06. The lowest BCUT2D eigenvalue weighted by Gasteiger charge is -2.08. The van der Waals surface area contributed by atoms with Crippen LogP contribution in [0.3, 0.4) is 0 Å². The smallest absolute Gasteiger partial charge is 0.141 e. The lowest BCUT2D eigenvalue weighted by Crippen LogP contribution is -1.95. The molecular formula is C14H10ClN3O. The minimum Gasteiger partial charge on any atom is -0.508 e. The standard InChI is InChI=1S/C14H10ClN3O/c15-9-1-6-12-13(7-9)16-8-17-14(12)18-10-2-4-11(19)5-3-10/h1-8,19H,(H,16,17,18). The van der Waals surface area contributed by atoms with Gasteiger partial charge < -0.3 is 10.4 Å². The molecular weight excluding hydrogens is 262 g/mol. The second kappa shape index (κ2) is 4.74. The Kier molecular flexibility index (Phi) is 2.93. The summed E-state index contributed by atoms with van der Waals surface area (Å²) in [6.45, 7) is 0. The Labute approximate surface area is 114 Å². The Hall–Kier alpha value is -2.33. The van der Waals surface area contributed by atoms with Gasteiger partial charge in [0.05, 0.1) is 5.52 Å². The maximum atomic E-state index is 9.26. The number of fused-ring (bicyclic) bond motifs is 1. The minimum atomic E-state index is 0.227. The largest absolute Gasteiger partial charge is 0.508 e. The third-order valence-corrected chi connectivity index (χ3v) is 2.96. The maximum absolute atomic E-state index is 9.26. The van der Waals surface area contributed by atoms with Gasteiger partial charge in [-0.05, 0) is 42.5 Å². The van der Waals surface area contributed by atoms with E-state index in [2.05, 4.69) is 15.3 Å². The van der Waals surface area contributed by atoms with Gasteiger partial charge >= 0.3 is 0 Å². The third-order valence-electron chi connectivity index (χ3n) is 2.73. The molecule has 0 bridgehead atoms. The third kappa shape index (κ3) is 2.44. The fraction of sp³-hybridized carbons (Fsp3) is 0. The molecule has 0 atom stereocenters. The molecule has 19 heavy (non-hydrogen) atoms. The number of hydrogen-bond donors (Lipinski definition) is 2. The highest BCUT2D eigenvalue weighted by Crippen LogP contribution is 2.25. The Morgan fingerprint density at radius 1 is 1.00 bits per heavy atom. The molecule has 0 aliphatic heterocycles. The first-order chi connectivity index (χ1) is 9.22. The van der Waals surface area contributed by atoms with E-state index in [9.17, 15) is 5.11 Å². The first kappa shape index (κ1) is 11.7. The van der Waals surface area contributed by atoms with Gasteiger partial charge in [-0.1, -0.05) is 11.6 Å². The molecule has 5 heteroatoms. The number of benzene rings is 2. The molecule has 0 spiro atoms. The number of hydrogen-bond acceptors (Lipinski definition) is 4. The average molecular weight is 272 g/mol. The Morgan fingerprint density at radius 2 is 1.79 bits per heavy atom. The van der Waals surface area contributed by atoms with E-state index in [0.29, 0.717) is 10.8 Å². The maximum Gasteiger partial charge on any atom is 0.141 e. The Balaban J connectivity index is 2.03. The number of nitrogens with zero attached hydrogens (tertiary/aromatic N) is 2. The van der Waals surface area contributed by atoms with Crippen molar-refractivity contribution in [3.05, 3.63) is 53.8 Å². The normalized spacial score (nSPS) is 10.6. The van der Waals surface area contributed by atoms with Crippen molar-refractivity contribution in [2.45, 2.75) is 0 Å². The van der Waals surface area contributed by atoms with Gasteiger partial charge in [-0.3, -0.25) is 0 Å². The van der Waals surface area contributed by atoms with Gasteiger partial charge in [0.1, 0.15) is 17.9 Å². The molecule has 0 fully saturated rings. The molecule has 0 unspecified atom stereocenters. The Bertz CT molecular complexity index is 728. The molecule has 0 amide bonds.